The van der Waals surface area contributed by atoms with Crippen LogP contribution in [-0.2, 0) is 6.54 Å². The summed E-state index contributed by atoms with van der Waals surface area (Å²) in [5, 5.41) is 2.91. The molecule has 2 rings (SSSR count). The fraction of sp³-hybridized carbons (Fsp3) is 0.381. The van der Waals surface area contributed by atoms with Crippen LogP contribution in [0, 0.1) is 0 Å². The Morgan fingerprint density at radius 2 is 1.70 bits per heavy atom. The third-order valence-electron chi connectivity index (χ3n) is 4.08. The van der Waals surface area contributed by atoms with Gasteiger partial charge in [0.2, 0.25) is 5.75 Å². The molecule has 0 unspecified atom stereocenters. The Kier molecular flexibility index (Phi) is 7.79. The molecule has 2 aromatic carbocycles. The molecular formula is C21H28N2O4. The fourth-order valence-electron chi connectivity index (χ4n) is 2.66. The van der Waals surface area contributed by atoms with Gasteiger partial charge >= 0.3 is 6.03 Å². The zero-order valence-electron chi connectivity index (χ0n) is 16.4. The molecule has 1 N–H and O–H groups in total. The first-order chi connectivity index (χ1) is 13.1. The first kappa shape index (κ1) is 20.4. The normalized spacial score (nSPS) is 10.4. The van der Waals surface area contributed by atoms with Crippen molar-refractivity contribution in [3.63, 3.8) is 0 Å². The zero-order valence-corrected chi connectivity index (χ0v) is 16.4. The van der Waals surface area contributed by atoms with Crippen LogP contribution in [0.4, 0.5) is 4.79 Å². The molecule has 0 aliphatic heterocycles. The van der Waals surface area contributed by atoms with Gasteiger partial charge in [-0.2, -0.15) is 0 Å². The van der Waals surface area contributed by atoms with Gasteiger partial charge in [-0.05, 0) is 31.5 Å². The van der Waals surface area contributed by atoms with Crippen LogP contribution in [0.25, 0.3) is 0 Å². The third kappa shape index (κ3) is 5.81. The lowest BCUT2D eigenvalue weighted by Gasteiger charge is -2.27. The fourth-order valence-corrected chi connectivity index (χ4v) is 2.66. The quantitative estimate of drug-likeness (QED) is 0.682. The summed E-state index contributed by atoms with van der Waals surface area (Å²) >= 11 is 0. The molecule has 146 valence electrons. The maximum absolute atomic E-state index is 12.5. The molecule has 0 spiro atoms. The number of ether oxygens (including phenoxy) is 3. The van der Waals surface area contributed by atoms with E-state index in [1.54, 1.807) is 31.3 Å². The molecule has 0 saturated heterocycles. The Bertz CT molecular complexity index is 719. The molecule has 0 radical (unpaired) electrons. The largest absolute Gasteiger partial charge is 0.493 e. The highest BCUT2D eigenvalue weighted by Gasteiger charge is 2.17. The molecule has 27 heavy (non-hydrogen) atoms. The van der Waals surface area contributed by atoms with E-state index in [2.05, 4.69) is 5.32 Å². The minimum Gasteiger partial charge on any atom is -0.493 e. The van der Waals surface area contributed by atoms with E-state index >= 15 is 0 Å². The highest BCUT2D eigenvalue weighted by Crippen LogP contribution is 2.36. The standard InChI is InChI=1S/C21H28N2O4/c1-16(2)23(15-17-9-6-5-7-10-17)21(24)22-13-14-27-19-12-8-11-18(25-3)20(19)26-4/h5-12,16H,13-15H2,1-4H3,(H,22,24). The van der Waals surface area contributed by atoms with Gasteiger partial charge < -0.3 is 24.4 Å². The summed E-state index contributed by atoms with van der Waals surface area (Å²) in [5.74, 6) is 1.73. The SMILES string of the molecule is COc1cccc(OCCNC(=O)N(Cc2ccccc2)C(C)C)c1OC. The van der Waals surface area contributed by atoms with Gasteiger partial charge in [0.25, 0.3) is 0 Å². The predicted octanol–water partition coefficient (Wildman–Crippen LogP) is 3.70. The van der Waals surface area contributed by atoms with E-state index in [0.717, 1.165) is 5.56 Å². The molecule has 0 aliphatic carbocycles. The van der Waals surface area contributed by atoms with Crippen molar-refractivity contribution in [1.82, 2.24) is 10.2 Å². The van der Waals surface area contributed by atoms with Gasteiger partial charge in [-0.1, -0.05) is 36.4 Å². The van der Waals surface area contributed by atoms with Crippen molar-refractivity contribution in [2.75, 3.05) is 27.4 Å². The lowest BCUT2D eigenvalue weighted by molar-refractivity contribution is 0.177. The molecule has 6 heteroatoms. The van der Waals surface area contributed by atoms with Crippen LogP contribution in [0.5, 0.6) is 17.2 Å². The van der Waals surface area contributed by atoms with Crippen LogP contribution in [-0.4, -0.2) is 44.3 Å². The van der Waals surface area contributed by atoms with Crippen LogP contribution < -0.4 is 19.5 Å². The highest BCUT2D eigenvalue weighted by molar-refractivity contribution is 5.74. The van der Waals surface area contributed by atoms with Crippen molar-refractivity contribution in [3.05, 3.63) is 54.1 Å². The lowest BCUT2D eigenvalue weighted by atomic mass is 10.2. The van der Waals surface area contributed by atoms with Crippen LogP contribution >= 0.6 is 0 Å². The maximum Gasteiger partial charge on any atom is 0.318 e. The monoisotopic (exact) mass is 372 g/mol. The van der Waals surface area contributed by atoms with Crippen molar-refractivity contribution >= 4 is 6.03 Å². The minimum atomic E-state index is -0.116. The van der Waals surface area contributed by atoms with Crippen molar-refractivity contribution in [1.29, 1.82) is 0 Å². The van der Waals surface area contributed by atoms with Gasteiger partial charge in [0.1, 0.15) is 6.61 Å². The lowest BCUT2D eigenvalue weighted by Crippen LogP contribution is -2.44. The number of methoxy groups -OCH3 is 2. The zero-order chi connectivity index (χ0) is 19.6. The molecule has 0 bridgehead atoms. The van der Waals surface area contributed by atoms with Gasteiger partial charge in [-0.3, -0.25) is 0 Å². The molecule has 0 fully saturated rings. The summed E-state index contributed by atoms with van der Waals surface area (Å²) < 4.78 is 16.3. The molecule has 0 heterocycles. The Morgan fingerprint density at radius 1 is 1.00 bits per heavy atom. The second-order valence-corrected chi connectivity index (χ2v) is 6.28. The predicted molar refractivity (Wildman–Crippen MR) is 106 cm³/mol. The molecular weight excluding hydrogens is 344 g/mol. The summed E-state index contributed by atoms with van der Waals surface area (Å²) in [4.78, 5) is 14.3. The summed E-state index contributed by atoms with van der Waals surface area (Å²) in [6.07, 6.45) is 0. The molecule has 2 aromatic rings. The first-order valence-corrected chi connectivity index (χ1v) is 8.99. The van der Waals surface area contributed by atoms with E-state index in [-0.39, 0.29) is 12.1 Å². The molecule has 0 atom stereocenters. The Morgan fingerprint density at radius 3 is 2.33 bits per heavy atom. The van der Waals surface area contributed by atoms with Crippen molar-refractivity contribution in [2.24, 2.45) is 0 Å². The number of para-hydroxylation sites is 1. The van der Waals surface area contributed by atoms with Crippen molar-refractivity contribution < 1.29 is 19.0 Å². The summed E-state index contributed by atoms with van der Waals surface area (Å²) in [6.45, 7) is 5.28. The molecule has 2 amide bonds. The average molecular weight is 372 g/mol. The van der Waals surface area contributed by atoms with Gasteiger partial charge in [-0.25, -0.2) is 4.79 Å². The number of urea groups is 1. The molecule has 0 aromatic heterocycles. The number of benzene rings is 2. The van der Waals surface area contributed by atoms with Gasteiger partial charge in [0.15, 0.2) is 11.5 Å². The van der Waals surface area contributed by atoms with E-state index in [9.17, 15) is 4.79 Å². The highest BCUT2D eigenvalue weighted by atomic mass is 16.5. The Balaban J connectivity index is 1.87. The van der Waals surface area contributed by atoms with Crippen LogP contribution in [0.2, 0.25) is 0 Å². The molecule has 0 aliphatic rings. The van der Waals surface area contributed by atoms with E-state index in [1.807, 2.05) is 50.2 Å². The maximum atomic E-state index is 12.5. The number of hydrogen-bond donors (Lipinski definition) is 1. The van der Waals surface area contributed by atoms with Gasteiger partial charge in [-0.15, -0.1) is 0 Å². The Hall–Kier alpha value is -2.89. The molecule has 0 saturated carbocycles. The van der Waals surface area contributed by atoms with Crippen LogP contribution in [0.3, 0.4) is 0 Å². The van der Waals surface area contributed by atoms with E-state index in [0.29, 0.717) is 36.9 Å². The van der Waals surface area contributed by atoms with Crippen LogP contribution in [0.15, 0.2) is 48.5 Å². The number of carbonyl (C=O) groups excluding carboxylic acids is 1. The van der Waals surface area contributed by atoms with Crippen molar-refractivity contribution in [2.45, 2.75) is 26.4 Å². The number of nitrogens with zero attached hydrogens (tertiary/aromatic N) is 1. The topological polar surface area (TPSA) is 60.0 Å². The van der Waals surface area contributed by atoms with E-state index in [1.165, 1.54) is 0 Å². The number of carbonyl (C=O) groups is 1. The second-order valence-electron chi connectivity index (χ2n) is 6.28. The summed E-state index contributed by atoms with van der Waals surface area (Å²) in [7, 11) is 3.14. The number of rotatable bonds is 9. The molecule has 6 nitrogen and oxygen atoms in total. The van der Waals surface area contributed by atoms with E-state index < -0.39 is 0 Å². The third-order valence-corrected chi connectivity index (χ3v) is 4.08. The number of amides is 2. The number of nitrogens with one attached hydrogen (secondary N) is 1. The first-order valence-electron chi connectivity index (χ1n) is 8.99. The van der Waals surface area contributed by atoms with E-state index in [4.69, 9.17) is 14.2 Å². The van der Waals surface area contributed by atoms with Gasteiger partial charge in [0.05, 0.1) is 20.8 Å². The van der Waals surface area contributed by atoms with Crippen molar-refractivity contribution in [3.8, 4) is 17.2 Å². The number of hydrogen-bond acceptors (Lipinski definition) is 4. The smallest absolute Gasteiger partial charge is 0.318 e. The minimum absolute atomic E-state index is 0.0876. The van der Waals surface area contributed by atoms with Crippen LogP contribution in [0.1, 0.15) is 19.4 Å². The summed E-state index contributed by atoms with van der Waals surface area (Å²) in [6, 6.07) is 15.4. The Labute approximate surface area is 161 Å². The average Bonchev–Trinajstić information content (AvgIpc) is 2.69. The second kappa shape index (κ2) is 10.3. The summed E-state index contributed by atoms with van der Waals surface area (Å²) in [5.41, 5.74) is 1.10. The van der Waals surface area contributed by atoms with Gasteiger partial charge in [0, 0.05) is 12.6 Å².